The predicted molar refractivity (Wildman–Crippen MR) is 77.1 cm³/mol. The van der Waals surface area contributed by atoms with Crippen LogP contribution in [0.1, 0.15) is 12.0 Å². The van der Waals surface area contributed by atoms with Crippen molar-refractivity contribution in [2.75, 3.05) is 33.7 Å². The van der Waals surface area contributed by atoms with E-state index in [-0.39, 0.29) is 5.60 Å². The van der Waals surface area contributed by atoms with Gasteiger partial charge in [-0.2, -0.15) is 0 Å². The first-order chi connectivity index (χ1) is 9.72. The fraction of sp³-hybridized carbons (Fsp3) is 0.571. The van der Waals surface area contributed by atoms with Gasteiger partial charge in [0.25, 0.3) is 0 Å². The molecule has 0 saturated carbocycles. The molecule has 1 aromatic rings. The second-order valence-electron chi connectivity index (χ2n) is 5.09. The van der Waals surface area contributed by atoms with Crippen molar-refractivity contribution in [1.82, 2.24) is 5.32 Å². The van der Waals surface area contributed by atoms with Crippen molar-refractivity contribution < 1.29 is 18.9 Å². The summed E-state index contributed by atoms with van der Waals surface area (Å²) < 4.78 is 22.8. The molecule has 5 nitrogen and oxygen atoms in total. The molecule has 1 saturated heterocycles. The zero-order valence-corrected chi connectivity index (χ0v) is 13.0. The molecule has 0 spiro atoms. The lowest BCUT2D eigenvalue weighted by molar-refractivity contribution is -0.0159. The van der Waals surface area contributed by atoms with Crippen molar-refractivity contribution in [2.24, 2.45) is 0 Å². The average molecular weight is 344 g/mol. The maximum atomic E-state index is 5.60. The molecule has 1 atom stereocenters. The van der Waals surface area contributed by atoms with E-state index in [0.717, 1.165) is 47.7 Å². The van der Waals surface area contributed by atoms with E-state index < -0.39 is 0 Å². The van der Waals surface area contributed by atoms with E-state index >= 15 is 0 Å². The number of fused-ring (bicyclic) bond motifs is 1. The van der Waals surface area contributed by atoms with Crippen molar-refractivity contribution in [3.63, 3.8) is 0 Å². The second kappa shape index (κ2) is 5.89. The Morgan fingerprint density at radius 1 is 1.35 bits per heavy atom. The van der Waals surface area contributed by atoms with Crippen LogP contribution in [-0.4, -0.2) is 39.3 Å². The van der Waals surface area contributed by atoms with Crippen LogP contribution in [0, 0.1) is 0 Å². The molecule has 0 radical (unpaired) electrons. The number of rotatable bonds is 5. The van der Waals surface area contributed by atoms with Crippen LogP contribution < -0.4 is 14.8 Å². The number of hydrogen-bond donors (Lipinski definition) is 1. The molecule has 20 heavy (non-hydrogen) atoms. The highest BCUT2D eigenvalue weighted by molar-refractivity contribution is 9.10. The van der Waals surface area contributed by atoms with E-state index in [0.29, 0.717) is 13.4 Å². The Balaban J connectivity index is 1.61. The highest BCUT2D eigenvalue weighted by Gasteiger charge is 2.34. The summed E-state index contributed by atoms with van der Waals surface area (Å²) in [5, 5.41) is 3.44. The van der Waals surface area contributed by atoms with Gasteiger partial charge >= 0.3 is 0 Å². The Bertz CT molecular complexity index is 488. The number of hydrogen-bond acceptors (Lipinski definition) is 5. The minimum absolute atomic E-state index is 0.192. The molecule has 110 valence electrons. The van der Waals surface area contributed by atoms with Crippen molar-refractivity contribution >= 4 is 15.9 Å². The lowest BCUT2D eigenvalue weighted by atomic mass is 10.0. The molecule has 6 heteroatoms. The SMILES string of the molecule is COC1(CNCc2cc3c(cc2Br)OCO3)CCOC1. The smallest absolute Gasteiger partial charge is 0.231 e. The zero-order chi connectivity index (χ0) is 14.0. The summed E-state index contributed by atoms with van der Waals surface area (Å²) in [4.78, 5) is 0. The first kappa shape index (κ1) is 14.1. The third kappa shape index (κ3) is 2.79. The fourth-order valence-electron chi connectivity index (χ4n) is 2.48. The van der Waals surface area contributed by atoms with Crippen LogP contribution in [0.4, 0.5) is 0 Å². The Hall–Kier alpha value is -0.820. The lowest BCUT2D eigenvalue weighted by Gasteiger charge is -2.26. The van der Waals surface area contributed by atoms with Gasteiger partial charge in [-0.15, -0.1) is 0 Å². The number of halogens is 1. The van der Waals surface area contributed by atoms with Crippen LogP contribution >= 0.6 is 15.9 Å². The topological polar surface area (TPSA) is 49.0 Å². The number of benzene rings is 1. The van der Waals surface area contributed by atoms with Gasteiger partial charge in [-0.3, -0.25) is 0 Å². The van der Waals surface area contributed by atoms with Gasteiger partial charge in [0.1, 0.15) is 5.60 Å². The molecule has 1 N–H and O–H groups in total. The van der Waals surface area contributed by atoms with Crippen LogP contribution in [0.5, 0.6) is 11.5 Å². The standard InChI is InChI=1S/C14H18BrNO4/c1-17-14(2-3-18-8-14)7-16-6-10-4-12-13(5-11(10)15)20-9-19-12/h4-5,16H,2-3,6-9H2,1H3. The molecule has 2 aliphatic heterocycles. The van der Waals surface area contributed by atoms with Crippen LogP contribution in [0.25, 0.3) is 0 Å². The van der Waals surface area contributed by atoms with Crippen molar-refractivity contribution in [1.29, 1.82) is 0 Å². The first-order valence-corrected chi connectivity index (χ1v) is 7.43. The Labute approximate surface area is 126 Å². The van der Waals surface area contributed by atoms with Crippen molar-refractivity contribution in [2.45, 2.75) is 18.6 Å². The third-order valence-electron chi connectivity index (χ3n) is 3.80. The maximum Gasteiger partial charge on any atom is 0.231 e. The van der Waals surface area contributed by atoms with Crippen molar-refractivity contribution in [3.05, 3.63) is 22.2 Å². The fourth-order valence-corrected chi connectivity index (χ4v) is 2.94. The maximum absolute atomic E-state index is 5.60. The highest BCUT2D eigenvalue weighted by atomic mass is 79.9. The van der Waals surface area contributed by atoms with Gasteiger partial charge in [0.15, 0.2) is 11.5 Å². The van der Waals surface area contributed by atoms with Crippen molar-refractivity contribution in [3.8, 4) is 11.5 Å². The number of nitrogens with one attached hydrogen (secondary N) is 1. The van der Waals surface area contributed by atoms with Crippen LogP contribution in [0.15, 0.2) is 16.6 Å². The largest absolute Gasteiger partial charge is 0.454 e. The molecule has 2 heterocycles. The second-order valence-corrected chi connectivity index (χ2v) is 5.94. The quantitative estimate of drug-likeness (QED) is 0.886. The summed E-state index contributed by atoms with van der Waals surface area (Å²) in [5.74, 6) is 1.59. The number of methoxy groups -OCH3 is 1. The summed E-state index contributed by atoms with van der Waals surface area (Å²) in [7, 11) is 1.74. The molecule has 1 unspecified atom stereocenters. The molecular formula is C14H18BrNO4. The van der Waals surface area contributed by atoms with E-state index in [4.69, 9.17) is 18.9 Å². The van der Waals surface area contributed by atoms with E-state index in [1.54, 1.807) is 7.11 Å². The van der Waals surface area contributed by atoms with Gasteiger partial charge in [0.2, 0.25) is 6.79 Å². The Morgan fingerprint density at radius 3 is 2.85 bits per heavy atom. The zero-order valence-electron chi connectivity index (χ0n) is 11.4. The van der Waals surface area contributed by atoms with Crippen LogP contribution in [0.3, 0.4) is 0 Å². The van der Waals surface area contributed by atoms with Crippen LogP contribution in [-0.2, 0) is 16.0 Å². The van der Waals surface area contributed by atoms with E-state index in [1.165, 1.54) is 0 Å². The third-order valence-corrected chi connectivity index (χ3v) is 4.54. The van der Waals surface area contributed by atoms with E-state index in [9.17, 15) is 0 Å². The molecule has 0 amide bonds. The number of ether oxygens (including phenoxy) is 4. The van der Waals surface area contributed by atoms with Crippen LogP contribution in [0.2, 0.25) is 0 Å². The molecule has 3 rings (SSSR count). The first-order valence-electron chi connectivity index (χ1n) is 6.64. The normalized spacial score (nSPS) is 24.3. The monoisotopic (exact) mass is 343 g/mol. The van der Waals surface area contributed by atoms with Gasteiger partial charge in [0.05, 0.1) is 6.61 Å². The molecule has 1 aromatic carbocycles. The Kier molecular flexibility index (Phi) is 4.16. The summed E-state index contributed by atoms with van der Waals surface area (Å²) in [6, 6.07) is 3.95. The van der Waals surface area contributed by atoms with Gasteiger partial charge in [0, 0.05) is 37.7 Å². The predicted octanol–water partition coefficient (Wildman–Crippen LogP) is 2.07. The van der Waals surface area contributed by atoms with Gasteiger partial charge in [-0.25, -0.2) is 0 Å². The summed E-state index contributed by atoms with van der Waals surface area (Å²) in [6.45, 7) is 3.22. The Morgan fingerprint density at radius 2 is 2.15 bits per heavy atom. The summed E-state index contributed by atoms with van der Waals surface area (Å²) >= 11 is 3.56. The molecule has 1 fully saturated rings. The lowest BCUT2D eigenvalue weighted by Crippen LogP contribution is -2.42. The van der Waals surface area contributed by atoms with E-state index in [2.05, 4.69) is 21.2 Å². The van der Waals surface area contributed by atoms with Gasteiger partial charge < -0.3 is 24.3 Å². The minimum atomic E-state index is -0.192. The summed E-state index contributed by atoms with van der Waals surface area (Å²) in [5.41, 5.74) is 0.947. The van der Waals surface area contributed by atoms with Gasteiger partial charge in [-0.1, -0.05) is 15.9 Å². The highest BCUT2D eigenvalue weighted by Crippen LogP contribution is 2.36. The molecule has 0 bridgehead atoms. The van der Waals surface area contributed by atoms with Gasteiger partial charge in [-0.05, 0) is 17.7 Å². The average Bonchev–Trinajstić information content (AvgIpc) is 3.08. The molecule has 0 aromatic heterocycles. The van der Waals surface area contributed by atoms with E-state index in [1.807, 2.05) is 12.1 Å². The minimum Gasteiger partial charge on any atom is -0.454 e. The molecular weight excluding hydrogens is 326 g/mol. The molecule has 0 aliphatic carbocycles. The summed E-state index contributed by atoms with van der Waals surface area (Å²) in [6.07, 6.45) is 0.929. The molecule has 2 aliphatic rings.